The van der Waals surface area contributed by atoms with Gasteiger partial charge in [-0.3, -0.25) is 14.3 Å². The Morgan fingerprint density at radius 2 is 1.97 bits per heavy atom. The second-order valence-electron chi connectivity index (χ2n) is 9.56. The molecule has 0 bridgehead atoms. The zero-order valence-corrected chi connectivity index (χ0v) is 20.2. The van der Waals surface area contributed by atoms with E-state index in [9.17, 15) is 23.1 Å². The minimum Gasteiger partial charge on any atom is -0.407 e. The summed E-state index contributed by atoms with van der Waals surface area (Å²) in [6.45, 7) is 10.9. The van der Waals surface area contributed by atoms with Crippen LogP contribution < -0.4 is 21.7 Å². The van der Waals surface area contributed by atoms with Crippen molar-refractivity contribution in [1.29, 1.82) is 0 Å². The van der Waals surface area contributed by atoms with Crippen molar-refractivity contribution in [3.8, 4) is 0 Å². The van der Waals surface area contributed by atoms with Gasteiger partial charge in [0, 0.05) is 17.5 Å². The molecule has 0 saturated carbocycles. The summed E-state index contributed by atoms with van der Waals surface area (Å²) in [7, 11) is -6.49. The number of aryl methyl sites for hydroxylation is 1. The highest BCUT2D eigenvalue weighted by Crippen LogP contribution is 2.48. The van der Waals surface area contributed by atoms with E-state index in [0.29, 0.717) is 0 Å². The first-order chi connectivity index (χ1) is 14.1. The summed E-state index contributed by atoms with van der Waals surface area (Å²) in [5.41, 5.74) is 3.46. The predicted molar refractivity (Wildman–Crippen MR) is 116 cm³/mol. The van der Waals surface area contributed by atoms with Gasteiger partial charge in [-0.05, 0) is 25.1 Å². The van der Waals surface area contributed by atoms with Crippen LogP contribution in [-0.4, -0.2) is 55.7 Å². The van der Waals surface area contributed by atoms with Crippen molar-refractivity contribution >= 4 is 18.3 Å². The number of aromatic amines is 1. The van der Waals surface area contributed by atoms with Crippen LogP contribution in [-0.2, 0) is 19.2 Å². The van der Waals surface area contributed by atoms with Gasteiger partial charge in [0.2, 0.25) is 10.0 Å². The lowest BCUT2D eigenvalue weighted by atomic mass is 9.86. The van der Waals surface area contributed by atoms with Gasteiger partial charge in [0.25, 0.3) is 5.56 Å². The fourth-order valence-corrected chi connectivity index (χ4v) is 6.35. The van der Waals surface area contributed by atoms with Crippen LogP contribution in [0.1, 0.15) is 32.6 Å². The van der Waals surface area contributed by atoms with Gasteiger partial charge >= 0.3 is 5.69 Å². The first kappa shape index (κ1) is 23.9. The molecule has 174 valence electrons. The number of H-pyrrole nitrogens is 1. The van der Waals surface area contributed by atoms with E-state index in [4.69, 9.17) is 14.9 Å². The van der Waals surface area contributed by atoms with E-state index in [-0.39, 0.29) is 16.3 Å². The molecule has 1 aromatic heterocycles. The Morgan fingerprint density at radius 1 is 1.35 bits per heavy atom. The van der Waals surface area contributed by atoms with Crippen LogP contribution in [0.3, 0.4) is 0 Å². The molecule has 5 N–H and O–H groups in total. The van der Waals surface area contributed by atoms with E-state index >= 15 is 0 Å². The number of ether oxygens (including phenoxy) is 1. The van der Waals surface area contributed by atoms with E-state index in [0.717, 1.165) is 9.98 Å². The Bertz CT molecular complexity index is 1130. The molecule has 31 heavy (non-hydrogen) atoms. The lowest BCUT2D eigenvalue weighted by molar-refractivity contribution is -0.0514. The van der Waals surface area contributed by atoms with E-state index < -0.39 is 60.2 Å². The Balaban J connectivity index is 2.25. The maximum Gasteiger partial charge on any atom is 0.330 e. The number of aliphatic hydroxyl groups is 1. The number of nitrogens with two attached hydrogens (primary N) is 1. The number of nitrogens with zero attached hydrogens (tertiary/aromatic N) is 1. The standard InChI is InChI=1S/C18H30N4O7SSi/c1-10-7-22(16(25)20-14(10)24)15-13(29-31(5,6)17(2,3)4)18(12(8-23)28-15)11(19)9-30(26,27)21-18/h7,9,12-13,15,21,23H,8,19H2,1-6H3,(H,20,24,25)/t12-,13+,15-,18-/m1/s1. The SMILES string of the molecule is Cc1cn([C@@H]2O[C@H](CO)[C@@]3(NS(=O)(=O)C=C3N)[C@H]2O[Si](C)(C)C(C)(C)C)c(=O)[nH]c1=O. The van der Waals surface area contributed by atoms with E-state index in [2.05, 4.69) is 9.71 Å². The fraction of sp³-hybridized carbons (Fsp3) is 0.667. The lowest BCUT2D eigenvalue weighted by Crippen LogP contribution is -2.64. The number of sulfonamides is 1. The number of hydrogen-bond acceptors (Lipinski definition) is 8. The van der Waals surface area contributed by atoms with Crippen LogP contribution in [0.2, 0.25) is 18.1 Å². The maximum atomic E-state index is 12.6. The molecule has 13 heteroatoms. The summed E-state index contributed by atoms with van der Waals surface area (Å²) in [6, 6.07) is 0. The van der Waals surface area contributed by atoms with Gasteiger partial charge in [-0.15, -0.1) is 0 Å². The Kier molecular flexibility index (Phi) is 5.69. The molecular formula is C18H30N4O7SSi. The van der Waals surface area contributed by atoms with Gasteiger partial charge in [0.1, 0.15) is 17.7 Å². The van der Waals surface area contributed by atoms with Crippen LogP contribution in [0.25, 0.3) is 0 Å². The van der Waals surface area contributed by atoms with Crippen LogP contribution >= 0.6 is 0 Å². The van der Waals surface area contributed by atoms with Gasteiger partial charge in [0.05, 0.1) is 12.0 Å². The number of hydrogen-bond donors (Lipinski definition) is 4. The molecule has 0 aliphatic carbocycles. The average Bonchev–Trinajstić information content (AvgIpc) is 3.03. The average molecular weight is 475 g/mol. The summed E-state index contributed by atoms with van der Waals surface area (Å²) in [5, 5.41) is 10.7. The number of rotatable bonds is 4. The van der Waals surface area contributed by atoms with Gasteiger partial charge < -0.3 is 20.0 Å². The molecule has 0 amide bonds. The van der Waals surface area contributed by atoms with Crippen molar-refractivity contribution in [3.63, 3.8) is 0 Å². The van der Waals surface area contributed by atoms with Crippen LogP contribution in [0.4, 0.5) is 0 Å². The van der Waals surface area contributed by atoms with Crippen molar-refractivity contribution in [2.24, 2.45) is 5.73 Å². The maximum absolute atomic E-state index is 12.6. The molecular weight excluding hydrogens is 444 g/mol. The molecule has 4 atom stereocenters. The number of nitrogens with one attached hydrogen (secondary N) is 2. The normalized spacial score (nSPS) is 30.7. The third-order valence-electron chi connectivity index (χ3n) is 6.40. The van der Waals surface area contributed by atoms with E-state index in [1.165, 1.54) is 13.1 Å². The highest BCUT2D eigenvalue weighted by molar-refractivity contribution is 7.92. The van der Waals surface area contributed by atoms with Crippen molar-refractivity contribution < 1.29 is 22.7 Å². The molecule has 11 nitrogen and oxygen atoms in total. The zero-order valence-electron chi connectivity index (χ0n) is 18.4. The first-order valence-electron chi connectivity index (χ1n) is 9.83. The largest absolute Gasteiger partial charge is 0.407 e. The van der Waals surface area contributed by atoms with Crippen LogP contribution in [0.15, 0.2) is 26.9 Å². The number of aliphatic hydroxyl groups excluding tert-OH is 1. The van der Waals surface area contributed by atoms with Gasteiger partial charge in [-0.25, -0.2) is 13.2 Å². The van der Waals surface area contributed by atoms with Gasteiger partial charge in [-0.2, -0.15) is 4.72 Å². The van der Waals surface area contributed by atoms with Crippen molar-refractivity contribution in [2.45, 2.75) is 69.8 Å². The van der Waals surface area contributed by atoms with Crippen LogP contribution in [0, 0.1) is 6.92 Å². The monoisotopic (exact) mass is 474 g/mol. The highest BCUT2D eigenvalue weighted by Gasteiger charge is 2.65. The summed E-state index contributed by atoms with van der Waals surface area (Å²) in [5.74, 6) is 0. The first-order valence-corrected chi connectivity index (χ1v) is 14.3. The molecule has 0 radical (unpaired) electrons. The smallest absolute Gasteiger partial charge is 0.330 e. The van der Waals surface area contributed by atoms with Crippen molar-refractivity contribution in [1.82, 2.24) is 14.3 Å². The molecule has 2 aliphatic rings. The second-order valence-corrected chi connectivity index (χ2v) is 15.9. The second kappa shape index (κ2) is 7.39. The quantitative estimate of drug-likeness (QED) is 0.428. The third kappa shape index (κ3) is 3.83. The summed E-state index contributed by atoms with van der Waals surface area (Å²) in [6.07, 6.45) is -2.03. The van der Waals surface area contributed by atoms with Gasteiger partial charge in [0.15, 0.2) is 14.5 Å². The predicted octanol–water partition coefficient (Wildman–Crippen LogP) is -0.403. The van der Waals surface area contributed by atoms with E-state index in [1.54, 1.807) is 0 Å². The Morgan fingerprint density at radius 3 is 2.45 bits per heavy atom. The number of aromatic nitrogens is 2. The summed E-state index contributed by atoms with van der Waals surface area (Å²) < 4.78 is 41.1. The fourth-order valence-electron chi connectivity index (χ4n) is 3.64. The topological polar surface area (TPSA) is 166 Å². The minimum atomic E-state index is -3.92. The zero-order chi connectivity index (χ0) is 23.6. The van der Waals surface area contributed by atoms with Gasteiger partial charge in [-0.1, -0.05) is 20.8 Å². The van der Waals surface area contributed by atoms with E-state index in [1.807, 2.05) is 33.9 Å². The molecule has 1 spiro atoms. The molecule has 1 fully saturated rings. The summed E-state index contributed by atoms with van der Waals surface area (Å²) >= 11 is 0. The lowest BCUT2D eigenvalue weighted by Gasteiger charge is -2.44. The Hall–Kier alpha value is -1.77. The molecule has 1 aromatic rings. The highest BCUT2D eigenvalue weighted by atomic mass is 32.2. The summed E-state index contributed by atoms with van der Waals surface area (Å²) in [4.78, 5) is 26.7. The molecule has 1 saturated heterocycles. The third-order valence-corrected chi connectivity index (χ3v) is 12.0. The molecule has 0 aromatic carbocycles. The Labute approximate surface area is 181 Å². The van der Waals surface area contributed by atoms with Crippen molar-refractivity contribution in [3.05, 3.63) is 43.7 Å². The van der Waals surface area contributed by atoms with Crippen LogP contribution in [0.5, 0.6) is 0 Å². The molecule has 2 aliphatic heterocycles. The van der Waals surface area contributed by atoms with Crippen molar-refractivity contribution in [2.75, 3.05) is 6.61 Å². The molecule has 3 heterocycles. The minimum absolute atomic E-state index is 0.0769. The molecule has 3 rings (SSSR count). The molecule has 0 unspecified atom stereocenters.